The number of carboxylic acids is 1. The van der Waals surface area contributed by atoms with Crippen LogP contribution >= 0.6 is 0 Å². The molecule has 1 atom stereocenters. The Bertz CT molecular complexity index is 585. The van der Waals surface area contributed by atoms with Crippen LogP contribution in [0.4, 0.5) is 0 Å². The second-order valence-electron chi connectivity index (χ2n) is 5.88. The van der Waals surface area contributed by atoms with E-state index >= 15 is 0 Å². The van der Waals surface area contributed by atoms with Crippen molar-refractivity contribution in [3.63, 3.8) is 0 Å². The average molecular weight is 336 g/mol. The van der Waals surface area contributed by atoms with Crippen LogP contribution in [0.2, 0.25) is 0 Å². The van der Waals surface area contributed by atoms with Gasteiger partial charge in [-0.25, -0.2) is 4.79 Å². The second kappa shape index (κ2) is 9.02. The fraction of sp³-hybridized carbons (Fsp3) is 0.471. The third-order valence-electron chi connectivity index (χ3n) is 3.53. The molecule has 0 fully saturated rings. The van der Waals surface area contributed by atoms with Gasteiger partial charge in [0.15, 0.2) is 5.54 Å². The molecule has 0 aliphatic heterocycles. The Hall–Kier alpha value is -2.41. The fourth-order valence-corrected chi connectivity index (χ4v) is 2.07. The Kier molecular flexibility index (Phi) is 7.38. The van der Waals surface area contributed by atoms with Crippen molar-refractivity contribution >= 4 is 17.8 Å². The van der Waals surface area contributed by atoms with Gasteiger partial charge < -0.3 is 20.5 Å². The van der Waals surface area contributed by atoms with Crippen molar-refractivity contribution in [1.29, 1.82) is 0 Å². The highest BCUT2D eigenvalue weighted by molar-refractivity contribution is 5.89. The number of carbonyl (C=O) groups is 3. The zero-order valence-electron chi connectivity index (χ0n) is 14.2. The van der Waals surface area contributed by atoms with E-state index in [9.17, 15) is 14.4 Å². The van der Waals surface area contributed by atoms with Crippen LogP contribution in [0, 0.1) is 6.92 Å². The van der Waals surface area contributed by atoms with Gasteiger partial charge in [-0.2, -0.15) is 0 Å². The maximum Gasteiger partial charge on any atom is 0.331 e. The number of carboxylic acid groups (broad SMARTS) is 1. The van der Waals surface area contributed by atoms with Crippen LogP contribution in [0.25, 0.3) is 0 Å². The first-order valence-corrected chi connectivity index (χ1v) is 7.62. The fourth-order valence-electron chi connectivity index (χ4n) is 2.07. The number of nitrogens with one attached hydrogen (secondary N) is 2. The molecule has 0 bridgehead atoms. The Morgan fingerprint density at radius 1 is 1.17 bits per heavy atom. The number of aliphatic carboxylic acids is 1. The molecule has 0 aliphatic carbocycles. The molecule has 0 aliphatic rings. The molecule has 1 rings (SSSR count). The number of carbonyl (C=O) groups excluding carboxylic acids is 2. The Labute approximate surface area is 141 Å². The maximum absolute atomic E-state index is 11.8. The van der Waals surface area contributed by atoms with Crippen LogP contribution in [-0.4, -0.2) is 48.7 Å². The summed E-state index contributed by atoms with van der Waals surface area (Å²) in [6, 6.07) is 7.86. The van der Waals surface area contributed by atoms with E-state index in [1.165, 1.54) is 14.0 Å². The van der Waals surface area contributed by atoms with E-state index in [2.05, 4.69) is 10.6 Å². The minimum atomic E-state index is -1.53. The normalized spacial score (nSPS) is 13.0. The summed E-state index contributed by atoms with van der Waals surface area (Å²) in [7, 11) is 1.35. The molecule has 0 radical (unpaired) electrons. The van der Waals surface area contributed by atoms with Gasteiger partial charge in [-0.15, -0.1) is 0 Å². The number of hydrogen-bond acceptors (Lipinski definition) is 4. The summed E-state index contributed by atoms with van der Waals surface area (Å²) >= 11 is 0. The van der Waals surface area contributed by atoms with Crippen LogP contribution < -0.4 is 10.6 Å². The van der Waals surface area contributed by atoms with E-state index in [0.29, 0.717) is 6.42 Å². The van der Waals surface area contributed by atoms with Crippen molar-refractivity contribution in [2.45, 2.75) is 32.2 Å². The first-order chi connectivity index (χ1) is 11.3. The van der Waals surface area contributed by atoms with E-state index in [4.69, 9.17) is 9.84 Å². The van der Waals surface area contributed by atoms with Gasteiger partial charge in [0.2, 0.25) is 11.8 Å². The van der Waals surface area contributed by atoms with Gasteiger partial charge in [-0.3, -0.25) is 9.59 Å². The molecule has 0 spiro atoms. The monoisotopic (exact) mass is 336 g/mol. The van der Waals surface area contributed by atoms with Gasteiger partial charge in [0.1, 0.15) is 0 Å². The van der Waals surface area contributed by atoms with Crippen molar-refractivity contribution < 1.29 is 24.2 Å². The molecular formula is C17H24N2O5. The molecule has 0 aromatic heterocycles. The van der Waals surface area contributed by atoms with Crippen LogP contribution in [0.5, 0.6) is 0 Å². The largest absolute Gasteiger partial charge is 0.479 e. The number of rotatable bonds is 9. The maximum atomic E-state index is 11.8. The summed E-state index contributed by atoms with van der Waals surface area (Å²) in [5.74, 6) is -2.06. The first kappa shape index (κ1) is 19.6. The van der Waals surface area contributed by atoms with E-state index in [0.717, 1.165) is 11.1 Å². The molecule has 132 valence electrons. The lowest BCUT2D eigenvalue weighted by atomic mass is 10.0. The number of aryl methyl sites for hydroxylation is 2. The van der Waals surface area contributed by atoms with E-state index < -0.39 is 17.4 Å². The highest BCUT2D eigenvalue weighted by Crippen LogP contribution is 2.06. The van der Waals surface area contributed by atoms with Crippen LogP contribution in [0.15, 0.2) is 24.3 Å². The Morgan fingerprint density at radius 2 is 1.79 bits per heavy atom. The molecule has 0 saturated heterocycles. The van der Waals surface area contributed by atoms with Crippen LogP contribution in [-0.2, 0) is 25.5 Å². The number of amides is 2. The highest BCUT2D eigenvalue weighted by Gasteiger charge is 2.34. The third-order valence-corrected chi connectivity index (χ3v) is 3.53. The summed E-state index contributed by atoms with van der Waals surface area (Å²) in [6.45, 7) is 2.88. The van der Waals surface area contributed by atoms with E-state index in [-0.39, 0.29) is 25.5 Å². The van der Waals surface area contributed by atoms with Crippen molar-refractivity contribution in [2.75, 3.05) is 20.3 Å². The molecule has 7 heteroatoms. The highest BCUT2D eigenvalue weighted by atomic mass is 16.5. The number of benzene rings is 1. The molecule has 1 unspecified atom stereocenters. The van der Waals surface area contributed by atoms with Gasteiger partial charge in [0.05, 0.1) is 13.2 Å². The van der Waals surface area contributed by atoms with E-state index in [1.54, 1.807) is 0 Å². The Morgan fingerprint density at radius 3 is 2.33 bits per heavy atom. The zero-order valence-corrected chi connectivity index (χ0v) is 14.2. The van der Waals surface area contributed by atoms with Gasteiger partial charge >= 0.3 is 5.97 Å². The van der Waals surface area contributed by atoms with Crippen molar-refractivity contribution in [1.82, 2.24) is 10.6 Å². The second-order valence-corrected chi connectivity index (χ2v) is 5.88. The van der Waals surface area contributed by atoms with Crippen LogP contribution in [0.1, 0.15) is 24.5 Å². The number of hydrogen-bond donors (Lipinski definition) is 3. The Balaban J connectivity index is 2.39. The molecule has 24 heavy (non-hydrogen) atoms. The zero-order chi connectivity index (χ0) is 18.2. The lowest BCUT2D eigenvalue weighted by molar-refractivity contribution is -0.149. The molecular weight excluding hydrogens is 312 g/mol. The molecule has 0 heterocycles. The van der Waals surface area contributed by atoms with Crippen molar-refractivity contribution in [3.8, 4) is 0 Å². The first-order valence-electron chi connectivity index (χ1n) is 7.62. The lowest BCUT2D eigenvalue weighted by Crippen LogP contribution is -2.57. The molecule has 2 amide bonds. The third kappa shape index (κ3) is 6.37. The van der Waals surface area contributed by atoms with Crippen LogP contribution in [0.3, 0.4) is 0 Å². The standard InChI is InChI=1S/C17H24N2O5/c1-12-4-6-13(7-5-12)8-9-14(20)18-10-15(21)19-17(2,11-24-3)16(22)23/h4-7H,8-11H2,1-3H3,(H,18,20)(H,19,21)(H,22,23). The van der Waals surface area contributed by atoms with Crippen molar-refractivity contribution in [2.24, 2.45) is 0 Å². The minimum Gasteiger partial charge on any atom is -0.479 e. The van der Waals surface area contributed by atoms with Gasteiger partial charge in [-0.1, -0.05) is 29.8 Å². The molecule has 1 aromatic rings. The summed E-state index contributed by atoms with van der Waals surface area (Å²) in [5, 5.41) is 14.0. The quantitative estimate of drug-likeness (QED) is 0.614. The topological polar surface area (TPSA) is 105 Å². The smallest absolute Gasteiger partial charge is 0.331 e. The van der Waals surface area contributed by atoms with Gasteiger partial charge in [0.25, 0.3) is 0 Å². The molecule has 0 saturated carbocycles. The molecule has 7 nitrogen and oxygen atoms in total. The number of ether oxygens (including phenoxy) is 1. The average Bonchev–Trinajstić information content (AvgIpc) is 2.52. The summed E-state index contributed by atoms with van der Waals surface area (Å²) in [5.41, 5.74) is 0.662. The van der Waals surface area contributed by atoms with Gasteiger partial charge in [0, 0.05) is 13.5 Å². The number of methoxy groups -OCH3 is 1. The minimum absolute atomic E-state index is 0.171. The summed E-state index contributed by atoms with van der Waals surface area (Å²) in [4.78, 5) is 34.8. The predicted molar refractivity (Wildman–Crippen MR) is 88.6 cm³/mol. The lowest BCUT2D eigenvalue weighted by Gasteiger charge is -2.25. The predicted octanol–water partition coefficient (Wildman–Crippen LogP) is 0.650. The summed E-state index contributed by atoms with van der Waals surface area (Å²) < 4.78 is 4.81. The molecule has 1 aromatic carbocycles. The SMILES string of the molecule is COCC(C)(NC(=O)CNC(=O)CCc1ccc(C)cc1)C(=O)O. The molecule has 3 N–H and O–H groups in total. The van der Waals surface area contributed by atoms with Crippen molar-refractivity contribution in [3.05, 3.63) is 35.4 Å². The van der Waals surface area contributed by atoms with E-state index in [1.807, 2.05) is 31.2 Å². The van der Waals surface area contributed by atoms with Gasteiger partial charge in [-0.05, 0) is 25.8 Å². The summed E-state index contributed by atoms with van der Waals surface area (Å²) in [6.07, 6.45) is 0.828.